The highest BCUT2D eigenvalue weighted by Gasteiger charge is 2.11. The second kappa shape index (κ2) is 5.44. The molecule has 0 amide bonds. The number of rotatable bonds is 3. The van der Waals surface area contributed by atoms with Gasteiger partial charge < -0.3 is 5.11 Å². The minimum Gasteiger partial charge on any atom is -0.478 e. The van der Waals surface area contributed by atoms with Gasteiger partial charge in [-0.3, -0.25) is 0 Å². The summed E-state index contributed by atoms with van der Waals surface area (Å²) in [4.78, 5) is 10.4. The molecule has 0 spiro atoms. The lowest BCUT2D eigenvalue weighted by atomic mass is 10.0. The van der Waals surface area contributed by atoms with Gasteiger partial charge in [0.25, 0.3) is 0 Å². The zero-order chi connectivity index (χ0) is 13.8. The van der Waals surface area contributed by atoms with Crippen LogP contribution in [0.5, 0.6) is 0 Å². The molecule has 0 radical (unpaired) electrons. The Morgan fingerprint density at radius 2 is 1.68 bits per heavy atom. The van der Waals surface area contributed by atoms with E-state index in [1.807, 2.05) is 0 Å². The Hall–Kier alpha value is -2.49. The van der Waals surface area contributed by atoms with Crippen molar-refractivity contribution in [3.63, 3.8) is 0 Å². The zero-order valence-electron chi connectivity index (χ0n) is 9.81. The topological polar surface area (TPSA) is 37.3 Å². The molecule has 0 atom stereocenters. The Morgan fingerprint density at radius 3 is 2.37 bits per heavy atom. The summed E-state index contributed by atoms with van der Waals surface area (Å²) < 4.78 is 27.8. The van der Waals surface area contributed by atoms with Crippen molar-refractivity contribution in [1.29, 1.82) is 0 Å². The summed E-state index contributed by atoms with van der Waals surface area (Å²) in [6, 6.07) is 10.3. The maximum Gasteiger partial charge on any atom is 0.328 e. The average Bonchev–Trinajstić information content (AvgIpc) is 2.38. The van der Waals surface area contributed by atoms with Crippen LogP contribution >= 0.6 is 0 Å². The molecule has 0 aliphatic carbocycles. The molecule has 0 saturated heterocycles. The number of aliphatic carboxylic acids is 1. The summed E-state index contributed by atoms with van der Waals surface area (Å²) in [6.45, 7) is 0. The van der Waals surface area contributed by atoms with Crippen LogP contribution in [0.15, 0.2) is 48.5 Å². The molecule has 2 aromatic rings. The van der Waals surface area contributed by atoms with E-state index in [9.17, 15) is 13.6 Å². The molecule has 0 aliphatic rings. The Balaban J connectivity index is 2.52. The van der Waals surface area contributed by atoms with E-state index < -0.39 is 17.6 Å². The minimum absolute atomic E-state index is 0.100. The molecular formula is C15H10F2O2. The fourth-order valence-electron chi connectivity index (χ4n) is 1.73. The summed E-state index contributed by atoms with van der Waals surface area (Å²) in [5, 5.41) is 8.53. The number of carboxylic acid groups (broad SMARTS) is 1. The molecule has 4 heteroatoms. The molecule has 2 aromatic carbocycles. The van der Waals surface area contributed by atoms with Gasteiger partial charge in [0.2, 0.25) is 0 Å². The summed E-state index contributed by atoms with van der Waals surface area (Å²) >= 11 is 0. The number of halogens is 2. The van der Waals surface area contributed by atoms with Crippen LogP contribution in [0.3, 0.4) is 0 Å². The lowest BCUT2D eigenvalue weighted by molar-refractivity contribution is -0.131. The van der Waals surface area contributed by atoms with E-state index in [0.717, 1.165) is 12.2 Å². The van der Waals surface area contributed by atoms with Gasteiger partial charge >= 0.3 is 5.97 Å². The van der Waals surface area contributed by atoms with Crippen molar-refractivity contribution in [2.24, 2.45) is 0 Å². The number of benzene rings is 2. The molecule has 0 bridgehead atoms. The Kier molecular flexibility index (Phi) is 3.71. The van der Waals surface area contributed by atoms with Gasteiger partial charge in [0.05, 0.1) is 0 Å². The van der Waals surface area contributed by atoms with Crippen molar-refractivity contribution < 1.29 is 18.7 Å². The van der Waals surface area contributed by atoms with Crippen LogP contribution in [-0.2, 0) is 4.79 Å². The average molecular weight is 260 g/mol. The maximum atomic E-state index is 14.2. The van der Waals surface area contributed by atoms with Gasteiger partial charge in [-0.15, -0.1) is 0 Å². The molecule has 19 heavy (non-hydrogen) atoms. The lowest BCUT2D eigenvalue weighted by Gasteiger charge is -2.06. The zero-order valence-corrected chi connectivity index (χ0v) is 9.81. The molecule has 0 heterocycles. The summed E-state index contributed by atoms with van der Waals surface area (Å²) in [7, 11) is 0. The van der Waals surface area contributed by atoms with Gasteiger partial charge in [-0.05, 0) is 12.1 Å². The third-order valence-corrected chi connectivity index (χ3v) is 2.60. The molecular weight excluding hydrogens is 250 g/mol. The quantitative estimate of drug-likeness (QED) is 0.854. The van der Waals surface area contributed by atoms with Crippen LogP contribution in [-0.4, -0.2) is 11.1 Å². The minimum atomic E-state index is -1.17. The predicted octanol–water partition coefficient (Wildman–Crippen LogP) is 3.73. The van der Waals surface area contributed by atoms with E-state index in [1.165, 1.54) is 30.3 Å². The first-order chi connectivity index (χ1) is 9.09. The first kappa shape index (κ1) is 13.0. The van der Waals surface area contributed by atoms with Crippen molar-refractivity contribution >= 4 is 12.0 Å². The van der Waals surface area contributed by atoms with Crippen LogP contribution in [0.1, 0.15) is 5.56 Å². The van der Waals surface area contributed by atoms with Gasteiger partial charge in [-0.1, -0.05) is 36.4 Å². The third-order valence-electron chi connectivity index (χ3n) is 2.60. The largest absolute Gasteiger partial charge is 0.478 e. The van der Waals surface area contributed by atoms with Gasteiger partial charge in [-0.25, -0.2) is 13.6 Å². The second-order valence-corrected chi connectivity index (χ2v) is 3.86. The molecule has 0 aromatic heterocycles. The predicted molar refractivity (Wildman–Crippen MR) is 68.5 cm³/mol. The Labute approximate surface area is 108 Å². The van der Waals surface area contributed by atoms with Crippen molar-refractivity contribution in [3.8, 4) is 11.1 Å². The molecule has 1 N–H and O–H groups in total. The molecule has 0 fully saturated rings. The summed E-state index contributed by atoms with van der Waals surface area (Å²) in [5.74, 6) is -2.35. The smallest absolute Gasteiger partial charge is 0.328 e. The molecule has 0 unspecified atom stereocenters. The first-order valence-electron chi connectivity index (χ1n) is 5.54. The van der Waals surface area contributed by atoms with Crippen LogP contribution in [0.2, 0.25) is 0 Å². The van der Waals surface area contributed by atoms with E-state index >= 15 is 0 Å². The number of carbonyl (C=O) groups is 1. The van der Waals surface area contributed by atoms with Gasteiger partial charge in [-0.2, -0.15) is 0 Å². The van der Waals surface area contributed by atoms with Crippen LogP contribution < -0.4 is 0 Å². The van der Waals surface area contributed by atoms with E-state index in [4.69, 9.17) is 5.11 Å². The number of carboxylic acids is 1. The lowest BCUT2D eigenvalue weighted by Crippen LogP contribution is -1.92. The first-order valence-corrected chi connectivity index (χ1v) is 5.54. The highest BCUT2D eigenvalue weighted by Crippen LogP contribution is 2.27. The highest BCUT2D eigenvalue weighted by molar-refractivity contribution is 5.85. The Bertz CT molecular complexity index is 648. The van der Waals surface area contributed by atoms with E-state index in [2.05, 4.69) is 0 Å². The standard InChI is InChI=1S/C15H10F2O2/c16-13-7-2-1-5-11(13)12-6-3-4-10(15(12)17)8-9-14(18)19/h1-9H,(H,18,19). The van der Waals surface area contributed by atoms with Crippen molar-refractivity contribution in [2.75, 3.05) is 0 Å². The van der Waals surface area contributed by atoms with Gasteiger partial charge in [0.1, 0.15) is 11.6 Å². The SMILES string of the molecule is O=C(O)C=Cc1cccc(-c2ccccc2F)c1F. The van der Waals surface area contributed by atoms with E-state index in [-0.39, 0.29) is 16.7 Å². The molecule has 96 valence electrons. The molecule has 2 rings (SSSR count). The molecule has 0 saturated carbocycles. The normalized spacial score (nSPS) is 10.8. The maximum absolute atomic E-state index is 14.2. The van der Waals surface area contributed by atoms with Crippen LogP contribution in [0.4, 0.5) is 8.78 Å². The number of hydrogen-bond acceptors (Lipinski definition) is 1. The van der Waals surface area contributed by atoms with Crippen LogP contribution in [0, 0.1) is 11.6 Å². The second-order valence-electron chi connectivity index (χ2n) is 3.86. The molecule has 2 nitrogen and oxygen atoms in total. The van der Waals surface area contributed by atoms with E-state index in [0.29, 0.717) is 0 Å². The van der Waals surface area contributed by atoms with Gasteiger partial charge in [0.15, 0.2) is 0 Å². The monoisotopic (exact) mass is 260 g/mol. The van der Waals surface area contributed by atoms with Crippen LogP contribution in [0.25, 0.3) is 17.2 Å². The van der Waals surface area contributed by atoms with Crippen molar-refractivity contribution in [2.45, 2.75) is 0 Å². The van der Waals surface area contributed by atoms with E-state index in [1.54, 1.807) is 12.1 Å². The third kappa shape index (κ3) is 2.85. The fraction of sp³-hybridized carbons (Fsp3) is 0. The highest BCUT2D eigenvalue weighted by atomic mass is 19.1. The number of hydrogen-bond donors (Lipinski definition) is 1. The summed E-state index contributed by atoms with van der Waals surface area (Å²) in [5.41, 5.74) is 0.347. The van der Waals surface area contributed by atoms with Crippen molar-refractivity contribution in [3.05, 3.63) is 65.7 Å². The van der Waals surface area contributed by atoms with Gasteiger partial charge in [0, 0.05) is 22.8 Å². The van der Waals surface area contributed by atoms with Crippen molar-refractivity contribution in [1.82, 2.24) is 0 Å². The summed E-state index contributed by atoms with van der Waals surface area (Å²) in [6.07, 6.45) is 1.98. The Morgan fingerprint density at radius 1 is 1.00 bits per heavy atom. The molecule has 0 aliphatic heterocycles. The fourth-order valence-corrected chi connectivity index (χ4v) is 1.73.